The van der Waals surface area contributed by atoms with E-state index in [9.17, 15) is 4.79 Å². The second-order valence-corrected chi connectivity index (χ2v) is 5.82. The largest absolute Gasteiger partial charge is 0.496 e. The summed E-state index contributed by atoms with van der Waals surface area (Å²) in [5.41, 5.74) is 2.02. The fourth-order valence-electron chi connectivity index (χ4n) is 2.34. The minimum Gasteiger partial charge on any atom is -0.496 e. The van der Waals surface area contributed by atoms with Crippen LogP contribution in [0.15, 0.2) is 42.5 Å². The molecule has 134 valence electrons. The smallest absolute Gasteiger partial charge is 0.262 e. The van der Waals surface area contributed by atoms with Gasteiger partial charge in [-0.3, -0.25) is 4.79 Å². The topological polar surface area (TPSA) is 56.8 Å². The van der Waals surface area contributed by atoms with E-state index in [0.29, 0.717) is 23.2 Å². The van der Waals surface area contributed by atoms with Gasteiger partial charge in [-0.2, -0.15) is 0 Å². The number of benzene rings is 2. The zero-order valence-electron chi connectivity index (χ0n) is 15.2. The van der Waals surface area contributed by atoms with Gasteiger partial charge in [-0.15, -0.1) is 0 Å². The first-order valence-electron chi connectivity index (χ1n) is 8.31. The summed E-state index contributed by atoms with van der Waals surface area (Å²) in [5.74, 6) is 2.01. The van der Waals surface area contributed by atoms with Crippen LogP contribution in [-0.4, -0.2) is 26.7 Å². The highest BCUT2D eigenvalue weighted by Gasteiger charge is 2.08. The molecule has 0 unspecified atom stereocenters. The molecule has 0 aromatic heterocycles. The first-order chi connectivity index (χ1) is 12.0. The lowest BCUT2D eigenvalue weighted by Crippen LogP contribution is -2.20. The van der Waals surface area contributed by atoms with Gasteiger partial charge in [-0.05, 0) is 30.0 Å². The Balaban J connectivity index is 1.92. The first kappa shape index (κ1) is 18.6. The number of hydrogen-bond acceptors (Lipinski definition) is 4. The summed E-state index contributed by atoms with van der Waals surface area (Å²) in [6.45, 7) is 4.25. The molecule has 2 aromatic carbocycles. The molecule has 2 aromatic rings. The molecule has 1 N–H and O–H groups in total. The second kappa shape index (κ2) is 8.97. The lowest BCUT2D eigenvalue weighted by molar-refractivity contribution is -0.118. The fourth-order valence-corrected chi connectivity index (χ4v) is 2.34. The van der Waals surface area contributed by atoms with Crippen molar-refractivity contribution in [2.24, 2.45) is 0 Å². The summed E-state index contributed by atoms with van der Waals surface area (Å²) >= 11 is 0. The first-order valence-corrected chi connectivity index (χ1v) is 8.31. The highest BCUT2D eigenvalue weighted by Crippen LogP contribution is 2.27. The van der Waals surface area contributed by atoms with E-state index in [0.717, 1.165) is 12.1 Å². The number of nitrogens with one attached hydrogen (secondary N) is 1. The van der Waals surface area contributed by atoms with Crippen molar-refractivity contribution in [3.05, 3.63) is 48.0 Å². The lowest BCUT2D eigenvalue weighted by atomic mass is 9.99. The van der Waals surface area contributed by atoms with Crippen molar-refractivity contribution in [2.75, 3.05) is 26.1 Å². The SMILES string of the molecule is CC[C@H](C)c1ccc(NC(=O)COc2cc(OC)cc(OC)c2)cc1. The van der Waals surface area contributed by atoms with Crippen molar-refractivity contribution in [2.45, 2.75) is 26.2 Å². The maximum absolute atomic E-state index is 12.1. The average molecular weight is 343 g/mol. The van der Waals surface area contributed by atoms with Crippen molar-refractivity contribution in [1.29, 1.82) is 0 Å². The number of rotatable bonds is 8. The summed E-state index contributed by atoms with van der Waals surface area (Å²) in [7, 11) is 3.13. The molecule has 5 heteroatoms. The molecule has 0 aliphatic carbocycles. The van der Waals surface area contributed by atoms with Crippen LogP contribution in [0.2, 0.25) is 0 Å². The number of methoxy groups -OCH3 is 2. The predicted molar refractivity (Wildman–Crippen MR) is 98.8 cm³/mol. The monoisotopic (exact) mass is 343 g/mol. The molecule has 1 amide bonds. The molecule has 2 rings (SSSR count). The number of carbonyl (C=O) groups is 1. The van der Waals surface area contributed by atoms with E-state index in [2.05, 4.69) is 19.2 Å². The molecule has 0 aliphatic heterocycles. The Morgan fingerprint density at radius 3 is 2.08 bits per heavy atom. The summed E-state index contributed by atoms with van der Waals surface area (Å²) < 4.78 is 15.9. The lowest BCUT2D eigenvalue weighted by Gasteiger charge is -2.12. The van der Waals surface area contributed by atoms with Crippen molar-refractivity contribution >= 4 is 11.6 Å². The molecule has 0 bridgehead atoms. The Labute approximate surface area is 148 Å². The molecule has 0 radical (unpaired) electrons. The van der Waals surface area contributed by atoms with Gasteiger partial charge in [-0.1, -0.05) is 26.0 Å². The van der Waals surface area contributed by atoms with Gasteiger partial charge < -0.3 is 19.5 Å². The van der Waals surface area contributed by atoms with Crippen molar-refractivity contribution in [1.82, 2.24) is 0 Å². The van der Waals surface area contributed by atoms with E-state index in [1.165, 1.54) is 5.56 Å². The Morgan fingerprint density at radius 1 is 1.00 bits per heavy atom. The molecule has 1 atom stereocenters. The number of carbonyl (C=O) groups excluding carboxylic acids is 1. The van der Waals surface area contributed by atoms with Gasteiger partial charge >= 0.3 is 0 Å². The minimum absolute atomic E-state index is 0.0938. The third kappa shape index (κ3) is 5.41. The van der Waals surface area contributed by atoms with E-state index in [1.807, 2.05) is 24.3 Å². The van der Waals surface area contributed by atoms with Crippen LogP contribution in [0, 0.1) is 0 Å². The summed E-state index contributed by atoms with van der Waals surface area (Å²) in [6, 6.07) is 13.1. The summed E-state index contributed by atoms with van der Waals surface area (Å²) in [6.07, 6.45) is 1.09. The van der Waals surface area contributed by atoms with Crippen LogP contribution < -0.4 is 19.5 Å². The van der Waals surface area contributed by atoms with Crippen molar-refractivity contribution < 1.29 is 19.0 Å². The van der Waals surface area contributed by atoms with E-state index < -0.39 is 0 Å². The maximum atomic E-state index is 12.1. The van der Waals surface area contributed by atoms with Crippen LogP contribution in [0.1, 0.15) is 31.7 Å². The van der Waals surface area contributed by atoms with Crippen LogP contribution >= 0.6 is 0 Å². The molecule has 0 fully saturated rings. The predicted octanol–water partition coefficient (Wildman–Crippen LogP) is 4.23. The maximum Gasteiger partial charge on any atom is 0.262 e. The number of anilines is 1. The molecular weight excluding hydrogens is 318 g/mol. The van der Waals surface area contributed by atoms with Crippen LogP contribution in [-0.2, 0) is 4.79 Å². The molecule has 0 spiro atoms. The summed E-state index contributed by atoms with van der Waals surface area (Å²) in [4.78, 5) is 12.1. The Hall–Kier alpha value is -2.69. The summed E-state index contributed by atoms with van der Waals surface area (Å²) in [5, 5.41) is 2.83. The third-order valence-corrected chi connectivity index (χ3v) is 4.07. The molecule has 5 nitrogen and oxygen atoms in total. The Bertz CT molecular complexity index is 675. The molecule has 0 saturated carbocycles. The molecule has 0 aliphatic rings. The van der Waals surface area contributed by atoms with E-state index in [4.69, 9.17) is 14.2 Å². The van der Waals surface area contributed by atoms with Crippen LogP contribution in [0.3, 0.4) is 0 Å². The number of hydrogen-bond donors (Lipinski definition) is 1. The van der Waals surface area contributed by atoms with Gasteiger partial charge in [0.15, 0.2) is 6.61 Å². The quantitative estimate of drug-likeness (QED) is 0.779. The van der Waals surface area contributed by atoms with Crippen LogP contribution in [0.5, 0.6) is 17.2 Å². The molecule has 25 heavy (non-hydrogen) atoms. The third-order valence-electron chi connectivity index (χ3n) is 4.07. The number of ether oxygens (including phenoxy) is 3. The normalized spacial score (nSPS) is 11.5. The average Bonchev–Trinajstić information content (AvgIpc) is 2.66. The molecular formula is C20H25NO4. The van der Waals surface area contributed by atoms with Crippen molar-refractivity contribution in [3.63, 3.8) is 0 Å². The van der Waals surface area contributed by atoms with E-state index >= 15 is 0 Å². The second-order valence-electron chi connectivity index (χ2n) is 5.82. The van der Waals surface area contributed by atoms with Gasteiger partial charge in [-0.25, -0.2) is 0 Å². The standard InChI is InChI=1S/C20H25NO4/c1-5-14(2)15-6-8-16(9-7-15)21-20(22)13-25-19-11-17(23-3)10-18(12-19)24-4/h6-12,14H,5,13H2,1-4H3,(H,21,22)/t14-/m0/s1. The van der Waals surface area contributed by atoms with Gasteiger partial charge in [0, 0.05) is 23.9 Å². The zero-order chi connectivity index (χ0) is 18.2. The van der Waals surface area contributed by atoms with Gasteiger partial charge in [0.1, 0.15) is 17.2 Å². The highest BCUT2D eigenvalue weighted by molar-refractivity contribution is 5.91. The fraction of sp³-hybridized carbons (Fsp3) is 0.350. The Morgan fingerprint density at radius 2 is 1.56 bits per heavy atom. The van der Waals surface area contributed by atoms with E-state index in [-0.39, 0.29) is 12.5 Å². The molecule has 0 saturated heterocycles. The van der Waals surface area contributed by atoms with Crippen molar-refractivity contribution in [3.8, 4) is 17.2 Å². The number of amides is 1. The van der Waals surface area contributed by atoms with E-state index in [1.54, 1.807) is 32.4 Å². The van der Waals surface area contributed by atoms with Crippen LogP contribution in [0.4, 0.5) is 5.69 Å². The highest BCUT2D eigenvalue weighted by atomic mass is 16.5. The molecule has 0 heterocycles. The zero-order valence-corrected chi connectivity index (χ0v) is 15.2. The van der Waals surface area contributed by atoms with Crippen LogP contribution in [0.25, 0.3) is 0 Å². The minimum atomic E-state index is -0.224. The van der Waals surface area contributed by atoms with Gasteiger partial charge in [0.25, 0.3) is 5.91 Å². The van der Waals surface area contributed by atoms with Gasteiger partial charge in [0.05, 0.1) is 14.2 Å². The Kier molecular flexibility index (Phi) is 6.69. The van der Waals surface area contributed by atoms with Gasteiger partial charge in [0.2, 0.25) is 0 Å².